The molecule has 2 rings (SSSR count). The van der Waals surface area contributed by atoms with Crippen molar-refractivity contribution in [3.63, 3.8) is 0 Å². The van der Waals surface area contributed by atoms with Crippen LogP contribution in [0.2, 0.25) is 0 Å². The second-order valence-electron chi connectivity index (χ2n) is 4.05. The average molecular weight is 267 g/mol. The quantitative estimate of drug-likeness (QED) is 0.753. The summed E-state index contributed by atoms with van der Waals surface area (Å²) in [7, 11) is 1.34. The smallest absolute Gasteiger partial charge is 0.339 e. The minimum absolute atomic E-state index is 0.0898. The van der Waals surface area contributed by atoms with Crippen molar-refractivity contribution in [3.8, 4) is 0 Å². The molecule has 7 nitrogen and oxygen atoms in total. The molecule has 2 amide bonds. The van der Waals surface area contributed by atoms with E-state index in [2.05, 4.69) is 10.3 Å². The van der Waals surface area contributed by atoms with Gasteiger partial charge in [-0.05, 0) is 6.07 Å². The van der Waals surface area contributed by atoms with Crippen molar-refractivity contribution in [1.82, 2.24) is 9.88 Å². The standard InChI is InChI=1S/C11H10FN3O4/c1-15-8(16)3-7(10(15)17)14-9-6(11(18)19)2-5(12)4-13-9/h2,4,7H,3H2,1H3,(H,13,14)(H,18,19). The molecule has 0 bridgehead atoms. The van der Waals surface area contributed by atoms with Crippen LogP contribution in [0, 0.1) is 5.82 Å². The van der Waals surface area contributed by atoms with Crippen LogP contribution in [0.15, 0.2) is 12.3 Å². The molecule has 0 spiro atoms. The summed E-state index contributed by atoms with van der Waals surface area (Å²) >= 11 is 0. The minimum atomic E-state index is -1.38. The van der Waals surface area contributed by atoms with Gasteiger partial charge in [-0.2, -0.15) is 0 Å². The molecule has 1 aromatic heterocycles. The molecule has 1 aliphatic rings. The highest BCUT2D eigenvalue weighted by Gasteiger charge is 2.36. The maximum Gasteiger partial charge on any atom is 0.339 e. The third-order valence-corrected chi connectivity index (χ3v) is 2.78. The summed E-state index contributed by atoms with van der Waals surface area (Å²) in [5.74, 6) is -3.17. The molecule has 0 radical (unpaired) electrons. The maximum atomic E-state index is 12.9. The van der Waals surface area contributed by atoms with Gasteiger partial charge in [-0.25, -0.2) is 14.2 Å². The van der Waals surface area contributed by atoms with Crippen molar-refractivity contribution in [2.24, 2.45) is 0 Å². The van der Waals surface area contributed by atoms with Gasteiger partial charge in [0.1, 0.15) is 23.2 Å². The molecule has 100 valence electrons. The van der Waals surface area contributed by atoms with E-state index in [-0.39, 0.29) is 18.1 Å². The Balaban J connectivity index is 2.27. The average Bonchev–Trinajstić information content (AvgIpc) is 2.59. The van der Waals surface area contributed by atoms with Crippen LogP contribution >= 0.6 is 0 Å². The molecule has 1 atom stereocenters. The molecule has 1 unspecified atom stereocenters. The van der Waals surface area contributed by atoms with Gasteiger partial charge in [0, 0.05) is 7.05 Å². The first-order valence-corrected chi connectivity index (χ1v) is 5.36. The molecule has 1 aliphatic heterocycles. The van der Waals surface area contributed by atoms with Gasteiger partial charge < -0.3 is 10.4 Å². The molecule has 1 fully saturated rings. The monoisotopic (exact) mass is 267 g/mol. The molecular weight excluding hydrogens is 257 g/mol. The van der Waals surface area contributed by atoms with Gasteiger partial charge in [-0.3, -0.25) is 14.5 Å². The minimum Gasteiger partial charge on any atom is -0.478 e. The summed E-state index contributed by atoms with van der Waals surface area (Å²) in [6.45, 7) is 0. The number of carbonyl (C=O) groups is 3. The van der Waals surface area contributed by atoms with Crippen LogP contribution in [0.25, 0.3) is 0 Å². The van der Waals surface area contributed by atoms with Gasteiger partial charge >= 0.3 is 5.97 Å². The van der Waals surface area contributed by atoms with E-state index in [1.807, 2.05) is 0 Å². The van der Waals surface area contributed by atoms with E-state index in [9.17, 15) is 18.8 Å². The predicted molar refractivity (Wildman–Crippen MR) is 61.0 cm³/mol. The number of nitrogens with one attached hydrogen (secondary N) is 1. The number of hydrogen-bond acceptors (Lipinski definition) is 5. The van der Waals surface area contributed by atoms with E-state index >= 15 is 0 Å². The van der Waals surface area contributed by atoms with Crippen LogP contribution in [0.5, 0.6) is 0 Å². The van der Waals surface area contributed by atoms with Crippen LogP contribution in [0.1, 0.15) is 16.8 Å². The molecule has 1 saturated heterocycles. The first-order chi connectivity index (χ1) is 8.90. The first-order valence-electron chi connectivity index (χ1n) is 5.36. The first kappa shape index (κ1) is 12.9. The Morgan fingerprint density at radius 3 is 2.79 bits per heavy atom. The molecule has 0 saturated carbocycles. The van der Waals surface area contributed by atoms with Crippen molar-refractivity contribution >= 4 is 23.6 Å². The fourth-order valence-corrected chi connectivity index (χ4v) is 1.75. The molecule has 8 heteroatoms. The number of anilines is 1. The molecule has 0 aliphatic carbocycles. The van der Waals surface area contributed by atoms with E-state index in [1.165, 1.54) is 7.05 Å². The zero-order chi connectivity index (χ0) is 14.2. The number of aromatic nitrogens is 1. The Morgan fingerprint density at radius 1 is 1.58 bits per heavy atom. The maximum absolute atomic E-state index is 12.9. The molecule has 0 aromatic carbocycles. The second-order valence-corrected chi connectivity index (χ2v) is 4.05. The number of carboxylic acid groups (broad SMARTS) is 1. The topological polar surface area (TPSA) is 99.6 Å². The largest absolute Gasteiger partial charge is 0.478 e. The number of hydrogen-bond donors (Lipinski definition) is 2. The lowest BCUT2D eigenvalue weighted by molar-refractivity contribution is -0.136. The molecule has 19 heavy (non-hydrogen) atoms. The normalized spacial score (nSPS) is 18.8. The van der Waals surface area contributed by atoms with Crippen molar-refractivity contribution in [1.29, 1.82) is 0 Å². The molecular formula is C11H10FN3O4. The van der Waals surface area contributed by atoms with Crippen LogP contribution in [0.3, 0.4) is 0 Å². The number of rotatable bonds is 3. The fourth-order valence-electron chi connectivity index (χ4n) is 1.75. The molecule has 2 heterocycles. The van der Waals surface area contributed by atoms with E-state index < -0.39 is 29.3 Å². The lowest BCUT2D eigenvalue weighted by atomic mass is 10.2. The van der Waals surface area contributed by atoms with Gasteiger partial charge in [0.25, 0.3) is 5.91 Å². The Hall–Kier alpha value is -2.51. The molecule has 2 N–H and O–H groups in total. The highest BCUT2D eigenvalue weighted by molar-refractivity contribution is 6.07. The lowest BCUT2D eigenvalue weighted by Crippen LogP contribution is -2.32. The Labute approximate surface area is 107 Å². The molecule has 1 aromatic rings. The summed E-state index contributed by atoms with van der Waals surface area (Å²) < 4.78 is 12.9. The van der Waals surface area contributed by atoms with Crippen molar-refractivity contribution in [2.75, 3.05) is 12.4 Å². The summed E-state index contributed by atoms with van der Waals surface area (Å²) in [6, 6.07) is -0.0867. The van der Waals surface area contributed by atoms with E-state index in [0.29, 0.717) is 0 Å². The zero-order valence-electron chi connectivity index (χ0n) is 9.88. The van der Waals surface area contributed by atoms with Crippen LogP contribution in [-0.4, -0.2) is 45.9 Å². The van der Waals surface area contributed by atoms with Crippen LogP contribution in [-0.2, 0) is 9.59 Å². The zero-order valence-corrected chi connectivity index (χ0v) is 9.88. The lowest BCUT2D eigenvalue weighted by Gasteiger charge is -2.13. The highest BCUT2D eigenvalue weighted by Crippen LogP contribution is 2.19. The summed E-state index contributed by atoms with van der Waals surface area (Å²) in [5, 5.41) is 11.5. The number of likely N-dealkylation sites (N-methyl/N-ethyl adjacent to an activating group) is 1. The number of likely N-dealkylation sites (tertiary alicyclic amines) is 1. The number of imide groups is 1. The van der Waals surface area contributed by atoms with Crippen molar-refractivity contribution in [3.05, 3.63) is 23.6 Å². The number of carbonyl (C=O) groups excluding carboxylic acids is 2. The number of halogens is 1. The Morgan fingerprint density at radius 2 is 2.26 bits per heavy atom. The number of nitrogens with zero attached hydrogens (tertiary/aromatic N) is 2. The summed E-state index contributed by atoms with van der Waals surface area (Å²) in [5.41, 5.74) is -0.394. The summed E-state index contributed by atoms with van der Waals surface area (Å²) in [4.78, 5) is 38.5. The van der Waals surface area contributed by atoms with Crippen molar-refractivity contribution in [2.45, 2.75) is 12.5 Å². The van der Waals surface area contributed by atoms with Gasteiger partial charge in [0.15, 0.2) is 0 Å². The van der Waals surface area contributed by atoms with Gasteiger partial charge in [-0.1, -0.05) is 0 Å². The second kappa shape index (κ2) is 4.63. The van der Waals surface area contributed by atoms with Crippen LogP contribution < -0.4 is 5.32 Å². The van der Waals surface area contributed by atoms with E-state index in [0.717, 1.165) is 17.2 Å². The summed E-state index contributed by atoms with van der Waals surface area (Å²) in [6.07, 6.45) is 0.743. The van der Waals surface area contributed by atoms with E-state index in [4.69, 9.17) is 5.11 Å². The number of pyridine rings is 1. The van der Waals surface area contributed by atoms with Crippen LogP contribution in [0.4, 0.5) is 10.2 Å². The Bertz CT molecular complexity index is 575. The fraction of sp³-hybridized carbons (Fsp3) is 0.273. The van der Waals surface area contributed by atoms with Crippen molar-refractivity contribution < 1.29 is 23.9 Å². The number of amides is 2. The highest BCUT2D eigenvalue weighted by atomic mass is 19.1. The third-order valence-electron chi connectivity index (χ3n) is 2.78. The third kappa shape index (κ3) is 2.37. The van der Waals surface area contributed by atoms with Gasteiger partial charge in [0.2, 0.25) is 5.91 Å². The Kier molecular flexibility index (Phi) is 3.16. The SMILES string of the molecule is CN1C(=O)CC(Nc2ncc(F)cc2C(=O)O)C1=O. The number of carboxylic acids is 1. The number of aromatic carboxylic acids is 1. The predicted octanol–water partition coefficient (Wildman–Crippen LogP) is 0.0881. The van der Waals surface area contributed by atoms with Gasteiger partial charge in [-0.15, -0.1) is 0 Å². The van der Waals surface area contributed by atoms with E-state index in [1.54, 1.807) is 0 Å². The van der Waals surface area contributed by atoms with Gasteiger partial charge in [0.05, 0.1) is 12.6 Å².